The van der Waals surface area contributed by atoms with Crippen molar-refractivity contribution in [3.05, 3.63) is 28.2 Å². The maximum Gasteiger partial charge on any atom is 0.306 e. The zero-order valence-corrected chi connectivity index (χ0v) is 11.9. The van der Waals surface area contributed by atoms with E-state index in [1.165, 1.54) is 0 Å². The van der Waals surface area contributed by atoms with Crippen LogP contribution in [-0.2, 0) is 16.0 Å². The normalized spacial score (nSPS) is 10.4. The van der Waals surface area contributed by atoms with Crippen molar-refractivity contribution in [1.82, 2.24) is 0 Å². The zero-order chi connectivity index (χ0) is 12.8. The minimum atomic E-state index is -0.160. The Morgan fingerprint density at radius 1 is 1.41 bits per heavy atom. The van der Waals surface area contributed by atoms with Crippen molar-refractivity contribution in [1.29, 1.82) is 0 Å². The third kappa shape index (κ3) is 4.77. The summed E-state index contributed by atoms with van der Waals surface area (Å²) >= 11 is 3.41. The highest BCUT2D eigenvalue weighted by Gasteiger charge is 2.07. The average Bonchev–Trinajstić information content (AvgIpc) is 2.25. The minimum Gasteiger partial charge on any atom is -0.496 e. The largest absolute Gasteiger partial charge is 0.496 e. The molecule has 0 atom stereocenters. The quantitative estimate of drug-likeness (QED) is 0.782. The van der Waals surface area contributed by atoms with Crippen molar-refractivity contribution in [3.63, 3.8) is 0 Å². The molecule has 17 heavy (non-hydrogen) atoms. The van der Waals surface area contributed by atoms with Crippen LogP contribution in [0, 0.1) is 0 Å². The number of aryl methyl sites for hydroxylation is 1. The van der Waals surface area contributed by atoms with Gasteiger partial charge in [-0.15, -0.1) is 0 Å². The fourth-order valence-electron chi connectivity index (χ4n) is 1.43. The molecule has 0 saturated heterocycles. The standard InChI is InChI=1S/C13H17BrO3/c1-9(2)17-13(15)7-5-10-4-6-12(16-3)11(14)8-10/h4,6,8-9H,5,7H2,1-3H3. The first-order chi connectivity index (χ1) is 8.02. The van der Waals surface area contributed by atoms with Crippen LogP contribution in [0.3, 0.4) is 0 Å². The van der Waals surface area contributed by atoms with Crippen molar-refractivity contribution in [2.75, 3.05) is 7.11 Å². The topological polar surface area (TPSA) is 35.5 Å². The van der Waals surface area contributed by atoms with E-state index < -0.39 is 0 Å². The number of hydrogen-bond donors (Lipinski definition) is 0. The fraction of sp³-hybridized carbons (Fsp3) is 0.462. The summed E-state index contributed by atoms with van der Waals surface area (Å²) in [5, 5.41) is 0. The first-order valence-corrected chi connectivity index (χ1v) is 6.34. The van der Waals surface area contributed by atoms with E-state index >= 15 is 0 Å². The van der Waals surface area contributed by atoms with Gasteiger partial charge in [0.2, 0.25) is 0 Å². The van der Waals surface area contributed by atoms with Crippen LogP contribution in [0.1, 0.15) is 25.8 Å². The van der Waals surface area contributed by atoms with Gasteiger partial charge in [-0.25, -0.2) is 0 Å². The van der Waals surface area contributed by atoms with Gasteiger partial charge in [0.05, 0.1) is 17.7 Å². The number of esters is 1. The second-order valence-corrected chi connectivity index (χ2v) is 4.86. The molecule has 0 fully saturated rings. The molecule has 1 aromatic carbocycles. The fourth-order valence-corrected chi connectivity index (χ4v) is 2.02. The van der Waals surface area contributed by atoms with Gasteiger partial charge in [-0.05, 0) is 53.9 Å². The smallest absolute Gasteiger partial charge is 0.306 e. The van der Waals surface area contributed by atoms with Crippen LogP contribution >= 0.6 is 15.9 Å². The number of carbonyl (C=O) groups excluding carboxylic acids is 1. The van der Waals surface area contributed by atoms with E-state index in [0.29, 0.717) is 12.8 Å². The van der Waals surface area contributed by atoms with Gasteiger partial charge >= 0.3 is 5.97 Å². The molecule has 0 unspecified atom stereocenters. The Kier molecular flexibility index (Phi) is 5.48. The van der Waals surface area contributed by atoms with Gasteiger partial charge < -0.3 is 9.47 Å². The van der Waals surface area contributed by atoms with Crippen LogP contribution in [0.5, 0.6) is 5.75 Å². The summed E-state index contributed by atoms with van der Waals surface area (Å²) in [6.07, 6.45) is 1.02. The lowest BCUT2D eigenvalue weighted by molar-refractivity contribution is -0.147. The lowest BCUT2D eigenvalue weighted by atomic mass is 10.1. The Morgan fingerprint density at radius 2 is 2.12 bits per heavy atom. The van der Waals surface area contributed by atoms with E-state index in [0.717, 1.165) is 15.8 Å². The lowest BCUT2D eigenvalue weighted by Crippen LogP contribution is -2.11. The maximum atomic E-state index is 11.4. The molecule has 1 aromatic rings. The van der Waals surface area contributed by atoms with Gasteiger partial charge in [0.15, 0.2) is 0 Å². The zero-order valence-electron chi connectivity index (χ0n) is 10.3. The summed E-state index contributed by atoms with van der Waals surface area (Å²) in [4.78, 5) is 11.4. The summed E-state index contributed by atoms with van der Waals surface area (Å²) in [5.41, 5.74) is 1.08. The highest BCUT2D eigenvalue weighted by Crippen LogP contribution is 2.25. The Hall–Kier alpha value is -1.03. The van der Waals surface area contributed by atoms with Crippen LogP contribution in [-0.4, -0.2) is 19.2 Å². The Bertz CT molecular complexity index is 388. The van der Waals surface area contributed by atoms with Gasteiger partial charge in [0, 0.05) is 6.42 Å². The highest BCUT2D eigenvalue weighted by molar-refractivity contribution is 9.10. The van der Waals surface area contributed by atoms with E-state index in [2.05, 4.69) is 15.9 Å². The minimum absolute atomic E-state index is 0.0508. The molecule has 0 bridgehead atoms. The van der Waals surface area contributed by atoms with Crippen LogP contribution in [0.15, 0.2) is 22.7 Å². The van der Waals surface area contributed by atoms with Crippen molar-refractivity contribution in [2.45, 2.75) is 32.8 Å². The molecule has 0 aliphatic heterocycles. The van der Waals surface area contributed by atoms with Gasteiger partial charge in [-0.1, -0.05) is 6.07 Å². The predicted octanol–water partition coefficient (Wildman–Crippen LogP) is 3.34. The first kappa shape index (κ1) is 14.0. The van der Waals surface area contributed by atoms with Crippen molar-refractivity contribution in [3.8, 4) is 5.75 Å². The van der Waals surface area contributed by atoms with Crippen molar-refractivity contribution < 1.29 is 14.3 Å². The van der Waals surface area contributed by atoms with E-state index in [4.69, 9.17) is 9.47 Å². The van der Waals surface area contributed by atoms with Crippen LogP contribution in [0.25, 0.3) is 0 Å². The van der Waals surface area contributed by atoms with Gasteiger partial charge in [-0.2, -0.15) is 0 Å². The summed E-state index contributed by atoms with van der Waals surface area (Å²) in [5.74, 6) is 0.630. The molecule has 0 aliphatic rings. The van der Waals surface area contributed by atoms with Crippen molar-refractivity contribution >= 4 is 21.9 Å². The molecule has 0 N–H and O–H groups in total. The third-order valence-corrected chi connectivity index (χ3v) is 2.82. The Morgan fingerprint density at radius 3 is 2.65 bits per heavy atom. The molecule has 0 heterocycles. The lowest BCUT2D eigenvalue weighted by Gasteiger charge is -2.08. The molecule has 0 spiro atoms. The highest BCUT2D eigenvalue weighted by atomic mass is 79.9. The molecule has 3 nitrogen and oxygen atoms in total. The summed E-state index contributed by atoms with van der Waals surface area (Å²) in [6.45, 7) is 3.70. The summed E-state index contributed by atoms with van der Waals surface area (Å²) in [6, 6.07) is 5.79. The molecule has 0 aliphatic carbocycles. The summed E-state index contributed by atoms with van der Waals surface area (Å²) in [7, 11) is 1.62. The van der Waals surface area contributed by atoms with Crippen LogP contribution < -0.4 is 4.74 Å². The number of benzene rings is 1. The second kappa shape index (κ2) is 6.64. The Labute approximate surface area is 110 Å². The third-order valence-electron chi connectivity index (χ3n) is 2.20. The molecule has 0 amide bonds. The first-order valence-electron chi connectivity index (χ1n) is 5.55. The van der Waals surface area contributed by atoms with E-state index in [9.17, 15) is 4.79 Å². The molecule has 0 aromatic heterocycles. The molecule has 0 saturated carbocycles. The van der Waals surface area contributed by atoms with Gasteiger partial charge in [-0.3, -0.25) is 4.79 Å². The van der Waals surface area contributed by atoms with E-state index in [1.54, 1.807) is 7.11 Å². The molecule has 94 valence electrons. The number of carbonyl (C=O) groups is 1. The Balaban J connectivity index is 2.52. The maximum absolute atomic E-state index is 11.4. The SMILES string of the molecule is COc1ccc(CCC(=O)OC(C)C)cc1Br. The van der Waals surface area contributed by atoms with Gasteiger partial charge in [0.1, 0.15) is 5.75 Å². The van der Waals surface area contributed by atoms with Gasteiger partial charge in [0.25, 0.3) is 0 Å². The second-order valence-electron chi connectivity index (χ2n) is 4.01. The van der Waals surface area contributed by atoms with E-state index in [1.807, 2.05) is 32.0 Å². The number of hydrogen-bond acceptors (Lipinski definition) is 3. The predicted molar refractivity (Wildman–Crippen MR) is 70.2 cm³/mol. The number of rotatable bonds is 5. The number of halogens is 1. The van der Waals surface area contributed by atoms with Crippen molar-refractivity contribution in [2.24, 2.45) is 0 Å². The molecular formula is C13H17BrO3. The van der Waals surface area contributed by atoms with Crippen LogP contribution in [0.4, 0.5) is 0 Å². The molecule has 1 rings (SSSR count). The summed E-state index contributed by atoms with van der Waals surface area (Å²) < 4.78 is 11.1. The van der Waals surface area contributed by atoms with Crippen LogP contribution in [0.2, 0.25) is 0 Å². The average molecular weight is 301 g/mol. The number of ether oxygens (including phenoxy) is 2. The van der Waals surface area contributed by atoms with E-state index in [-0.39, 0.29) is 12.1 Å². The molecular weight excluding hydrogens is 284 g/mol. The molecule has 4 heteroatoms. The monoisotopic (exact) mass is 300 g/mol. The number of methoxy groups -OCH3 is 1. The molecule has 0 radical (unpaired) electrons.